The van der Waals surface area contributed by atoms with Gasteiger partial charge in [-0.2, -0.15) is 0 Å². The number of rotatable bonds is 29. The summed E-state index contributed by atoms with van der Waals surface area (Å²) < 4.78 is 10.5. The Morgan fingerprint density at radius 1 is 0.826 bits per heavy atom. The third-order valence-corrected chi connectivity index (χ3v) is 9.14. The van der Waals surface area contributed by atoms with Crippen molar-refractivity contribution < 1.29 is 39.2 Å². The van der Waals surface area contributed by atoms with Crippen LogP contribution in [0, 0.1) is 17.8 Å². The van der Waals surface area contributed by atoms with Crippen molar-refractivity contribution in [1.29, 1.82) is 0 Å². The smallest absolute Gasteiger partial charge is 0.306 e. The van der Waals surface area contributed by atoms with Crippen LogP contribution < -0.4 is 0 Å². The Labute approximate surface area is 280 Å². The molecule has 0 spiro atoms. The lowest BCUT2D eigenvalue weighted by atomic mass is 9.88. The summed E-state index contributed by atoms with van der Waals surface area (Å²) in [5.74, 6) is -0.388. The van der Waals surface area contributed by atoms with Gasteiger partial charge in [-0.25, -0.2) is 0 Å². The van der Waals surface area contributed by atoms with Gasteiger partial charge in [-0.3, -0.25) is 14.4 Å². The third-order valence-electron chi connectivity index (χ3n) is 9.14. The van der Waals surface area contributed by atoms with Crippen molar-refractivity contribution in [3.8, 4) is 0 Å². The Hall–Kier alpha value is -1.77. The fourth-order valence-electron chi connectivity index (χ4n) is 6.23. The largest absolute Gasteiger partial charge is 0.462 e. The van der Waals surface area contributed by atoms with Gasteiger partial charge in [0.25, 0.3) is 0 Å². The first-order valence-electron chi connectivity index (χ1n) is 18.7. The number of hydrogen-bond donors (Lipinski definition) is 3. The Bertz CT molecular complexity index is 826. The fourth-order valence-corrected chi connectivity index (χ4v) is 6.23. The number of Topliss-reactive ketones (excluding diaryl/α,β-unsaturated/α-hetero) is 1. The van der Waals surface area contributed by atoms with Gasteiger partial charge in [0, 0.05) is 25.2 Å². The van der Waals surface area contributed by atoms with Crippen LogP contribution in [0.25, 0.3) is 0 Å². The van der Waals surface area contributed by atoms with Crippen LogP contribution in [-0.2, 0) is 23.9 Å². The van der Waals surface area contributed by atoms with Gasteiger partial charge in [0.15, 0.2) is 6.10 Å². The minimum Gasteiger partial charge on any atom is -0.462 e. The summed E-state index contributed by atoms with van der Waals surface area (Å²) in [5.41, 5.74) is 0. The number of ketones is 1. The topological polar surface area (TPSA) is 130 Å². The molecule has 0 aliphatic heterocycles. The predicted molar refractivity (Wildman–Crippen MR) is 183 cm³/mol. The molecule has 1 aliphatic rings. The van der Waals surface area contributed by atoms with Crippen molar-refractivity contribution in [2.24, 2.45) is 17.8 Å². The second-order valence-electron chi connectivity index (χ2n) is 13.9. The van der Waals surface area contributed by atoms with Crippen molar-refractivity contribution in [3.05, 3.63) is 12.2 Å². The van der Waals surface area contributed by atoms with Gasteiger partial charge in [-0.05, 0) is 37.5 Å². The van der Waals surface area contributed by atoms with Gasteiger partial charge in [0.2, 0.25) is 0 Å². The lowest BCUT2D eigenvalue weighted by Gasteiger charge is -2.19. The number of unbranched alkanes of at least 4 members (excludes halogenated alkanes) is 13. The molecule has 1 aliphatic carbocycles. The highest BCUT2D eigenvalue weighted by atomic mass is 16.6. The van der Waals surface area contributed by atoms with Crippen LogP contribution in [0.4, 0.5) is 0 Å². The maximum absolute atomic E-state index is 12.4. The van der Waals surface area contributed by atoms with E-state index >= 15 is 0 Å². The van der Waals surface area contributed by atoms with Crippen LogP contribution in [0.5, 0.6) is 0 Å². The first kappa shape index (κ1) is 42.3. The van der Waals surface area contributed by atoms with E-state index in [1.807, 2.05) is 0 Å². The average molecular weight is 653 g/mol. The number of hydrogen-bond acceptors (Lipinski definition) is 8. The first-order valence-corrected chi connectivity index (χ1v) is 18.7. The SMILES string of the molecule is CCCCC[C@H](O)/C=C/[C@H]1C(=O)C[C@H](O)[C@@H]1CCCCCCC(=O)OC[C@H](CO)OC(=O)CCCCCCCCCCCC(C)C. The molecule has 0 aromatic rings. The molecule has 46 heavy (non-hydrogen) atoms. The highest BCUT2D eigenvalue weighted by molar-refractivity contribution is 5.86. The van der Waals surface area contributed by atoms with E-state index in [9.17, 15) is 29.7 Å². The molecule has 8 heteroatoms. The zero-order valence-electron chi connectivity index (χ0n) is 29.5. The molecule has 0 heterocycles. The van der Waals surface area contributed by atoms with Crippen molar-refractivity contribution in [1.82, 2.24) is 0 Å². The molecule has 0 aromatic carbocycles. The second kappa shape index (κ2) is 27.2. The highest BCUT2D eigenvalue weighted by Gasteiger charge is 2.39. The van der Waals surface area contributed by atoms with E-state index in [4.69, 9.17) is 9.47 Å². The van der Waals surface area contributed by atoms with Gasteiger partial charge in [-0.1, -0.05) is 129 Å². The Balaban J connectivity index is 2.12. The number of allylic oxidation sites excluding steroid dienone is 1. The molecule has 1 saturated carbocycles. The van der Waals surface area contributed by atoms with Crippen LogP contribution in [-0.4, -0.2) is 64.6 Å². The first-order chi connectivity index (χ1) is 22.2. The summed E-state index contributed by atoms with van der Waals surface area (Å²) in [6.45, 7) is 6.13. The quantitative estimate of drug-likeness (QED) is 0.0424. The molecule has 0 aromatic heterocycles. The van der Waals surface area contributed by atoms with Gasteiger partial charge in [0.05, 0.1) is 18.8 Å². The normalized spacial score (nSPS) is 19.6. The summed E-state index contributed by atoms with van der Waals surface area (Å²) in [6.07, 6.45) is 21.8. The maximum atomic E-state index is 12.4. The van der Waals surface area contributed by atoms with Crippen molar-refractivity contribution in [3.63, 3.8) is 0 Å². The number of carbonyl (C=O) groups excluding carboxylic acids is 3. The molecule has 0 saturated heterocycles. The molecule has 1 fully saturated rings. The lowest BCUT2D eigenvalue weighted by molar-refractivity contribution is -0.161. The molecular weight excluding hydrogens is 584 g/mol. The van der Waals surface area contributed by atoms with Crippen LogP contribution in [0.15, 0.2) is 12.2 Å². The van der Waals surface area contributed by atoms with Crippen molar-refractivity contribution >= 4 is 17.7 Å². The Kier molecular flexibility index (Phi) is 25.0. The molecule has 8 nitrogen and oxygen atoms in total. The molecule has 3 N–H and O–H groups in total. The van der Waals surface area contributed by atoms with E-state index in [2.05, 4.69) is 20.8 Å². The summed E-state index contributed by atoms with van der Waals surface area (Å²) in [6, 6.07) is 0. The molecular formula is C38H68O8. The number of aliphatic hydroxyl groups is 3. The van der Waals surface area contributed by atoms with Gasteiger partial charge in [0.1, 0.15) is 12.4 Å². The highest BCUT2D eigenvalue weighted by Crippen LogP contribution is 2.34. The Morgan fingerprint density at radius 3 is 2.00 bits per heavy atom. The van der Waals surface area contributed by atoms with Crippen molar-refractivity contribution in [2.45, 2.75) is 180 Å². The summed E-state index contributed by atoms with van der Waals surface area (Å²) in [4.78, 5) is 36.8. The summed E-state index contributed by atoms with van der Waals surface area (Å²) in [7, 11) is 0. The fraction of sp³-hybridized carbons (Fsp3) is 0.868. The van der Waals surface area contributed by atoms with Crippen LogP contribution in [0.2, 0.25) is 0 Å². The zero-order chi connectivity index (χ0) is 34.0. The number of esters is 2. The maximum Gasteiger partial charge on any atom is 0.306 e. The van der Waals surface area contributed by atoms with E-state index in [1.165, 1.54) is 44.9 Å². The van der Waals surface area contributed by atoms with Gasteiger partial charge in [-0.15, -0.1) is 0 Å². The predicted octanol–water partition coefficient (Wildman–Crippen LogP) is 7.78. The summed E-state index contributed by atoms with van der Waals surface area (Å²) in [5, 5.41) is 30.1. The minimum absolute atomic E-state index is 0.0352. The molecule has 0 radical (unpaired) electrons. The summed E-state index contributed by atoms with van der Waals surface area (Å²) >= 11 is 0. The van der Waals surface area contributed by atoms with Crippen LogP contribution >= 0.6 is 0 Å². The lowest BCUT2D eigenvalue weighted by Crippen LogP contribution is -2.28. The van der Waals surface area contributed by atoms with E-state index in [-0.39, 0.29) is 55.6 Å². The van der Waals surface area contributed by atoms with E-state index < -0.39 is 18.3 Å². The van der Waals surface area contributed by atoms with E-state index in [0.717, 1.165) is 70.1 Å². The van der Waals surface area contributed by atoms with Gasteiger partial charge < -0.3 is 24.8 Å². The molecule has 268 valence electrons. The van der Waals surface area contributed by atoms with Gasteiger partial charge >= 0.3 is 11.9 Å². The number of carbonyl (C=O) groups is 3. The molecule has 0 amide bonds. The Morgan fingerprint density at radius 2 is 1.39 bits per heavy atom. The van der Waals surface area contributed by atoms with E-state index in [1.54, 1.807) is 12.2 Å². The average Bonchev–Trinajstić information content (AvgIpc) is 3.29. The minimum atomic E-state index is -0.841. The standard InChI is InChI=1S/C38H68O8/c1-4-5-15-21-31(40)25-26-34-33(35(41)27-36(34)42)22-17-13-14-18-23-37(43)45-29-32(28-39)46-38(44)24-19-12-10-8-6-7-9-11-16-20-30(2)3/h25-26,30-35,39-41H,4-24,27-29H2,1-3H3/b26-25+/t31-,32-,33+,34+,35-/m0/s1. The van der Waals surface area contributed by atoms with Crippen LogP contribution in [0.1, 0.15) is 162 Å². The van der Waals surface area contributed by atoms with Crippen LogP contribution in [0.3, 0.4) is 0 Å². The molecule has 0 bridgehead atoms. The second-order valence-corrected chi connectivity index (χ2v) is 13.9. The number of aliphatic hydroxyl groups excluding tert-OH is 3. The number of ether oxygens (including phenoxy) is 2. The monoisotopic (exact) mass is 652 g/mol. The molecule has 1 rings (SSSR count). The molecule has 5 atom stereocenters. The molecule has 0 unspecified atom stereocenters. The third kappa shape index (κ3) is 21.2. The zero-order valence-corrected chi connectivity index (χ0v) is 29.5. The van der Waals surface area contributed by atoms with E-state index in [0.29, 0.717) is 19.3 Å². The van der Waals surface area contributed by atoms with Crippen molar-refractivity contribution in [2.75, 3.05) is 13.2 Å².